The smallest absolute Gasteiger partial charge is 0.137 e. The fourth-order valence-corrected chi connectivity index (χ4v) is 11.9. The fourth-order valence-electron chi connectivity index (χ4n) is 11.9. The lowest BCUT2D eigenvalue weighted by Gasteiger charge is -2.28. The van der Waals surface area contributed by atoms with E-state index in [4.69, 9.17) is 14.7 Å². The molecule has 0 N–H and O–H groups in total. The summed E-state index contributed by atoms with van der Waals surface area (Å²) in [5, 5.41) is 2.31. The molecule has 0 atom stereocenters. The summed E-state index contributed by atoms with van der Waals surface area (Å²) in [6.45, 7) is 10.6. The second-order valence-electron chi connectivity index (χ2n) is 21.8. The van der Waals surface area contributed by atoms with Gasteiger partial charge < -0.3 is 19.1 Å². The number of pyridine rings is 1. The summed E-state index contributed by atoms with van der Waals surface area (Å²) in [6.07, 6.45) is 5.34. The van der Waals surface area contributed by atoms with E-state index in [1.165, 1.54) is 67.8 Å². The van der Waals surface area contributed by atoms with Crippen molar-refractivity contribution in [2.75, 3.05) is 16.5 Å². The number of hydrogen-bond donors (Lipinski definition) is 0. The van der Waals surface area contributed by atoms with Crippen molar-refractivity contribution in [3.8, 4) is 61.8 Å². The lowest BCUT2D eigenvalue weighted by atomic mass is 9.86. The van der Waals surface area contributed by atoms with Crippen LogP contribution in [0.25, 0.3) is 83.2 Å². The normalized spacial score (nSPS) is 13.4. The molecule has 0 amide bonds. The van der Waals surface area contributed by atoms with Gasteiger partial charge in [0, 0.05) is 64.4 Å². The number of rotatable bonds is 9. The standard InChI is InChI=1S/C70H58N6O/c1-46-37-68(71-44-60(46)51-32-30-48(31-33-51)47-19-8-5-9-20-47)76-62-28-15-14-25-58(62)59-35-34-54(41-63(59)76)77-55-39-52(70(2,3)4)38-53(40-55)74-45-75(66-43-64-61(42-65(66)74)72-67-29-16-17-36-73(64)67)69-56(49-21-10-6-11-22-49)26-18-27-57(69)50-23-12-7-13-24-50/h5-15,18-28,30-35,37-44H,16-17,29,36,45H2,1-4H3. The van der Waals surface area contributed by atoms with E-state index in [1.54, 1.807) is 0 Å². The number of imidazole rings is 1. The molecule has 12 aromatic rings. The maximum atomic E-state index is 7.14. The lowest BCUT2D eigenvalue weighted by molar-refractivity contribution is 0.479. The summed E-state index contributed by atoms with van der Waals surface area (Å²) in [5.41, 5.74) is 20.4. The zero-order chi connectivity index (χ0) is 51.8. The second-order valence-corrected chi connectivity index (χ2v) is 21.8. The number of anilines is 4. The van der Waals surface area contributed by atoms with Gasteiger partial charge in [-0.15, -0.1) is 0 Å². The average molecular weight is 999 g/mol. The molecule has 0 spiro atoms. The topological polar surface area (TPSA) is 51.4 Å². The van der Waals surface area contributed by atoms with Crippen LogP contribution < -0.4 is 14.5 Å². The molecule has 374 valence electrons. The van der Waals surface area contributed by atoms with Gasteiger partial charge in [0.1, 0.15) is 29.8 Å². The van der Waals surface area contributed by atoms with Crippen molar-refractivity contribution in [1.82, 2.24) is 19.1 Å². The first-order chi connectivity index (χ1) is 37.7. The Kier molecular flexibility index (Phi) is 11.2. The summed E-state index contributed by atoms with van der Waals surface area (Å²) >= 11 is 0. The highest BCUT2D eigenvalue weighted by atomic mass is 16.5. The molecule has 0 saturated heterocycles. The number of fused-ring (bicyclic) bond motifs is 7. The minimum Gasteiger partial charge on any atom is -0.457 e. The summed E-state index contributed by atoms with van der Waals surface area (Å²) in [4.78, 5) is 15.5. The highest BCUT2D eigenvalue weighted by molar-refractivity contribution is 6.09. The lowest BCUT2D eigenvalue weighted by Crippen LogP contribution is -2.25. The van der Waals surface area contributed by atoms with Crippen LogP contribution in [0.4, 0.5) is 22.7 Å². The van der Waals surface area contributed by atoms with Crippen LogP contribution in [0.5, 0.6) is 11.5 Å². The summed E-state index contributed by atoms with van der Waals surface area (Å²) < 4.78 is 11.9. The van der Waals surface area contributed by atoms with E-state index >= 15 is 0 Å². The zero-order valence-corrected chi connectivity index (χ0v) is 43.9. The van der Waals surface area contributed by atoms with Crippen molar-refractivity contribution in [3.05, 3.63) is 235 Å². The molecule has 7 nitrogen and oxygen atoms in total. The Bertz CT molecular complexity index is 4150. The first kappa shape index (κ1) is 46.3. The molecule has 2 aliphatic heterocycles. The SMILES string of the molecule is Cc1cc(-n2c3ccccc3c3ccc(Oc4cc(N5CN(c6c(-c7ccccc7)cccc6-c6ccccc6)c6cc7c(cc65)nc5n7CCCC5)cc(C(C)(C)C)c4)cc32)ncc1-c1ccc(-c2ccccc2)cc1. The van der Waals surface area contributed by atoms with Gasteiger partial charge in [-0.2, -0.15) is 0 Å². The molecule has 0 saturated carbocycles. The van der Waals surface area contributed by atoms with Crippen molar-refractivity contribution in [2.45, 2.75) is 58.9 Å². The third-order valence-electron chi connectivity index (χ3n) is 15.9. The van der Waals surface area contributed by atoms with Crippen LogP contribution >= 0.6 is 0 Å². The Labute approximate surface area is 449 Å². The van der Waals surface area contributed by atoms with Crippen LogP contribution in [0.15, 0.2) is 219 Å². The predicted octanol–water partition coefficient (Wildman–Crippen LogP) is 18.2. The zero-order valence-electron chi connectivity index (χ0n) is 43.9. The Hall–Kier alpha value is -9.20. The molecule has 5 heterocycles. The minimum absolute atomic E-state index is 0.181. The molecule has 0 aliphatic carbocycles. The maximum absolute atomic E-state index is 7.14. The van der Waals surface area contributed by atoms with E-state index in [0.717, 1.165) is 92.4 Å². The van der Waals surface area contributed by atoms with E-state index in [9.17, 15) is 0 Å². The summed E-state index contributed by atoms with van der Waals surface area (Å²) in [6, 6.07) is 76.6. The van der Waals surface area contributed by atoms with Crippen LogP contribution in [0.1, 0.15) is 50.6 Å². The molecular formula is C70H58N6O. The van der Waals surface area contributed by atoms with Crippen LogP contribution in [0, 0.1) is 6.92 Å². The third kappa shape index (κ3) is 8.21. The predicted molar refractivity (Wildman–Crippen MR) is 319 cm³/mol. The molecule has 9 aromatic carbocycles. The summed E-state index contributed by atoms with van der Waals surface area (Å²) in [7, 11) is 0. The van der Waals surface area contributed by atoms with E-state index in [-0.39, 0.29) is 5.41 Å². The largest absolute Gasteiger partial charge is 0.457 e. The highest BCUT2D eigenvalue weighted by Gasteiger charge is 2.34. The van der Waals surface area contributed by atoms with Gasteiger partial charge in [0.25, 0.3) is 0 Å². The van der Waals surface area contributed by atoms with E-state index in [1.807, 2.05) is 6.20 Å². The minimum atomic E-state index is -0.181. The Morgan fingerprint density at radius 1 is 0.494 bits per heavy atom. The second kappa shape index (κ2) is 18.6. The van der Waals surface area contributed by atoms with Crippen LogP contribution in [-0.4, -0.2) is 25.8 Å². The number of aromatic nitrogens is 4. The molecule has 77 heavy (non-hydrogen) atoms. The molecule has 7 heteroatoms. The van der Waals surface area contributed by atoms with E-state index in [0.29, 0.717) is 6.67 Å². The van der Waals surface area contributed by atoms with Crippen molar-refractivity contribution < 1.29 is 4.74 Å². The van der Waals surface area contributed by atoms with Gasteiger partial charge in [0.15, 0.2) is 0 Å². The van der Waals surface area contributed by atoms with E-state index in [2.05, 4.69) is 259 Å². The molecule has 14 rings (SSSR count). The van der Waals surface area contributed by atoms with Crippen molar-refractivity contribution in [2.24, 2.45) is 0 Å². The van der Waals surface area contributed by atoms with Gasteiger partial charge in [-0.1, -0.05) is 172 Å². The molecule has 3 aromatic heterocycles. The Morgan fingerprint density at radius 3 is 1.84 bits per heavy atom. The van der Waals surface area contributed by atoms with Gasteiger partial charge in [0.05, 0.1) is 39.1 Å². The highest BCUT2D eigenvalue weighted by Crippen LogP contribution is 2.52. The van der Waals surface area contributed by atoms with Gasteiger partial charge in [0.2, 0.25) is 0 Å². The molecule has 0 fully saturated rings. The molecule has 0 unspecified atom stereocenters. The van der Waals surface area contributed by atoms with Crippen LogP contribution in [0.3, 0.4) is 0 Å². The Morgan fingerprint density at radius 2 is 1.13 bits per heavy atom. The number of para-hydroxylation sites is 2. The quantitative estimate of drug-likeness (QED) is 0.144. The molecular weight excluding hydrogens is 941 g/mol. The molecule has 0 radical (unpaired) electrons. The molecule has 0 bridgehead atoms. The van der Waals surface area contributed by atoms with Crippen LogP contribution in [-0.2, 0) is 18.4 Å². The third-order valence-corrected chi connectivity index (χ3v) is 15.9. The Balaban J connectivity index is 0.878. The van der Waals surface area contributed by atoms with Crippen LogP contribution in [0.2, 0.25) is 0 Å². The van der Waals surface area contributed by atoms with Gasteiger partial charge in [-0.05, 0) is 113 Å². The number of benzene rings is 9. The molecule has 2 aliphatic rings. The first-order valence-electron chi connectivity index (χ1n) is 27.0. The van der Waals surface area contributed by atoms with Crippen molar-refractivity contribution >= 4 is 55.6 Å². The van der Waals surface area contributed by atoms with Crippen molar-refractivity contribution in [1.29, 1.82) is 0 Å². The number of aryl methyl sites for hydroxylation is 3. The number of nitrogens with zero attached hydrogens (tertiary/aromatic N) is 6. The van der Waals surface area contributed by atoms with Gasteiger partial charge in [-0.25, -0.2) is 9.97 Å². The number of hydrogen-bond acceptors (Lipinski definition) is 5. The monoisotopic (exact) mass is 998 g/mol. The van der Waals surface area contributed by atoms with Crippen molar-refractivity contribution in [3.63, 3.8) is 0 Å². The fraction of sp³-hybridized carbons (Fsp3) is 0.143. The van der Waals surface area contributed by atoms with E-state index < -0.39 is 0 Å². The average Bonchev–Trinajstić information content (AvgIpc) is 4.16. The summed E-state index contributed by atoms with van der Waals surface area (Å²) in [5.74, 6) is 3.57. The number of ether oxygens (including phenoxy) is 1. The van der Waals surface area contributed by atoms with Gasteiger partial charge in [-0.3, -0.25) is 4.57 Å². The first-order valence-corrected chi connectivity index (χ1v) is 27.0. The van der Waals surface area contributed by atoms with Gasteiger partial charge >= 0.3 is 0 Å². The maximum Gasteiger partial charge on any atom is 0.137 e.